The van der Waals surface area contributed by atoms with E-state index in [0.717, 1.165) is 25.7 Å². The summed E-state index contributed by atoms with van der Waals surface area (Å²) >= 11 is 6.43. The van der Waals surface area contributed by atoms with Crippen molar-refractivity contribution in [3.8, 4) is 11.5 Å². The van der Waals surface area contributed by atoms with Gasteiger partial charge in [0, 0.05) is 12.0 Å². The molecule has 6 nitrogen and oxygen atoms in total. The molecule has 0 saturated carbocycles. The summed E-state index contributed by atoms with van der Waals surface area (Å²) in [6.45, 7) is 4.14. The van der Waals surface area contributed by atoms with Gasteiger partial charge in [-0.05, 0) is 72.6 Å². The number of halogens is 1. The van der Waals surface area contributed by atoms with E-state index in [2.05, 4.69) is 6.92 Å². The van der Waals surface area contributed by atoms with Gasteiger partial charge in [-0.2, -0.15) is 0 Å². The Morgan fingerprint density at radius 2 is 1.80 bits per heavy atom. The summed E-state index contributed by atoms with van der Waals surface area (Å²) < 4.78 is 38.0. The van der Waals surface area contributed by atoms with Crippen LogP contribution in [0.5, 0.6) is 11.5 Å². The first-order valence-corrected chi connectivity index (χ1v) is 12.1. The molecule has 3 rings (SSSR count). The molecule has 0 spiro atoms. The van der Waals surface area contributed by atoms with Gasteiger partial charge in [0.25, 0.3) is 0 Å². The van der Waals surface area contributed by atoms with Gasteiger partial charge in [0.1, 0.15) is 17.6 Å². The third kappa shape index (κ3) is 8.89. The fourth-order valence-electron chi connectivity index (χ4n) is 3.30. The van der Waals surface area contributed by atoms with E-state index in [1.807, 2.05) is 0 Å². The first kappa shape index (κ1) is 23.6. The molecule has 0 radical (unpaired) electrons. The van der Waals surface area contributed by atoms with Gasteiger partial charge in [-0.25, -0.2) is 4.79 Å². The van der Waals surface area contributed by atoms with E-state index in [-0.39, 0.29) is 42.1 Å². The largest absolute Gasteiger partial charge is 0.494 e. The van der Waals surface area contributed by atoms with Crippen molar-refractivity contribution in [2.24, 2.45) is 0 Å². The molecule has 1 unspecified atom stereocenters. The lowest BCUT2D eigenvalue weighted by atomic mass is 10.1. The standard InChI is InChI=1S/C28H31ClO6/c1-3-4-5-6-17-32-23-11-9-22(10-12-23)28(31)35-24-13-7-21(8-14-24)27(29)18-25-15-16-26(19-33-25)34-20(2)30/h7-16,18,25-26H,3-6,17,19H2,1-2H3/b27-18+/t25?,26-/m0/s1/i11D,12D. The second-order valence-corrected chi connectivity index (χ2v) is 8.44. The molecule has 0 bridgehead atoms. The van der Waals surface area contributed by atoms with Crippen molar-refractivity contribution in [2.45, 2.75) is 51.7 Å². The normalized spacial score (nSPS) is 18.4. The van der Waals surface area contributed by atoms with Gasteiger partial charge in [0.2, 0.25) is 0 Å². The summed E-state index contributed by atoms with van der Waals surface area (Å²) in [5, 5.41) is 0.446. The second kappa shape index (κ2) is 13.7. The molecule has 2 aromatic rings. The van der Waals surface area contributed by atoms with Gasteiger partial charge in [-0.15, -0.1) is 0 Å². The van der Waals surface area contributed by atoms with Gasteiger partial charge < -0.3 is 18.9 Å². The summed E-state index contributed by atoms with van der Waals surface area (Å²) in [5.74, 6) is -0.581. The van der Waals surface area contributed by atoms with Crippen LogP contribution in [0.15, 0.2) is 66.7 Å². The zero-order chi connectivity index (χ0) is 26.8. The van der Waals surface area contributed by atoms with Gasteiger partial charge in [-0.1, -0.05) is 43.9 Å². The van der Waals surface area contributed by atoms with E-state index in [1.54, 1.807) is 42.5 Å². The molecule has 186 valence electrons. The first-order valence-electron chi connectivity index (χ1n) is 12.7. The first-order chi connectivity index (χ1) is 17.8. The van der Waals surface area contributed by atoms with E-state index < -0.39 is 12.1 Å². The highest BCUT2D eigenvalue weighted by molar-refractivity contribution is 6.48. The molecule has 7 heteroatoms. The molecule has 0 fully saturated rings. The molecule has 35 heavy (non-hydrogen) atoms. The van der Waals surface area contributed by atoms with E-state index in [1.165, 1.54) is 19.1 Å². The molecule has 0 saturated heterocycles. The van der Waals surface area contributed by atoms with Crippen LogP contribution in [0.4, 0.5) is 0 Å². The van der Waals surface area contributed by atoms with E-state index in [9.17, 15) is 9.59 Å². The van der Waals surface area contributed by atoms with Gasteiger partial charge in [-0.3, -0.25) is 4.79 Å². The van der Waals surface area contributed by atoms with E-state index >= 15 is 0 Å². The van der Waals surface area contributed by atoms with E-state index in [0.29, 0.717) is 23.0 Å². The van der Waals surface area contributed by atoms with Crippen molar-refractivity contribution >= 4 is 28.6 Å². The Bertz CT molecular complexity index is 1120. The van der Waals surface area contributed by atoms with Crippen molar-refractivity contribution in [3.05, 3.63) is 77.8 Å². The Morgan fingerprint density at radius 3 is 2.43 bits per heavy atom. The zero-order valence-corrected chi connectivity index (χ0v) is 20.7. The predicted octanol–water partition coefficient (Wildman–Crippen LogP) is 6.33. The van der Waals surface area contributed by atoms with Gasteiger partial charge in [0.15, 0.2) is 0 Å². The van der Waals surface area contributed by atoms with Crippen LogP contribution in [0.25, 0.3) is 5.03 Å². The minimum Gasteiger partial charge on any atom is -0.494 e. The highest BCUT2D eigenvalue weighted by Gasteiger charge is 2.17. The SMILES string of the molecule is [2H]c1cc(C(=O)Oc2ccc(/C(Cl)=C\C3C=C[C@H](OC(C)=O)CO3)cc2)cc([2H])c1OCCCCCC. The minimum absolute atomic E-state index is 0.0274. The third-order valence-corrected chi connectivity index (χ3v) is 5.48. The summed E-state index contributed by atoms with van der Waals surface area (Å²) in [6, 6.07) is 9.26. The van der Waals surface area contributed by atoms with Crippen LogP contribution in [0.3, 0.4) is 0 Å². The number of hydrogen-bond acceptors (Lipinski definition) is 6. The zero-order valence-electron chi connectivity index (χ0n) is 21.9. The highest BCUT2D eigenvalue weighted by Crippen LogP contribution is 2.25. The van der Waals surface area contributed by atoms with Crippen molar-refractivity contribution in [1.82, 2.24) is 0 Å². The lowest BCUT2D eigenvalue weighted by Gasteiger charge is -2.21. The predicted molar refractivity (Wildman–Crippen MR) is 136 cm³/mol. The average Bonchev–Trinajstić information content (AvgIpc) is 2.86. The molecular formula is C28H31ClO6. The van der Waals surface area contributed by atoms with Gasteiger partial charge in [0.05, 0.1) is 27.6 Å². The smallest absolute Gasteiger partial charge is 0.343 e. The fraction of sp³-hybridized carbons (Fsp3) is 0.357. The Labute approximate surface area is 214 Å². The summed E-state index contributed by atoms with van der Waals surface area (Å²) in [6.07, 6.45) is 8.59. The van der Waals surface area contributed by atoms with Crippen LogP contribution < -0.4 is 9.47 Å². The lowest BCUT2D eigenvalue weighted by Crippen LogP contribution is -2.27. The Kier molecular flexibility index (Phi) is 9.26. The van der Waals surface area contributed by atoms with Crippen molar-refractivity contribution < 1.29 is 31.3 Å². The maximum atomic E-state index is 12.6. The Morgan fingerprint density at radius 1 is 1.06 bits per heavy atom. The van der Waals surface area contributed by atoms with Crippen LogP contribution in [-0.2, 0) is 14.3 Å². The second-order valence-electron chi connectivity index (χ2n) is 8.03. The molecular weight excluding hydrogens is 468 g/mol. The monoisotopic (exact) mass is 500 g/mol. The number of unbranched alkanes of at least 4 members (excludes halogenated alkanes) is 3. The molecule has 1 aliphatic rings. The minimum atomic E-state index is -0.672. The van der Waals surface area contributed by atoms with Crippen molar-refractivity contribution in [3.63, 3.8) is 0 Å². The Hall–Kier alpha value is -3.09. The molecule has 1 heterocycles. The summed E-state index contributed by atoms with van der Waals surface area (Å²) in [5.41, 5.74) is 0.798. The number of ether oxygens (including phenoxy) is 4. The number of hydrogen-bond donors (Lipinski definition) is 0. The highest BCUT2D eigenvalue weighted by atomic mass is 35.5. The molecule has 2 atom stereocenters. The maximum absolute atomic E-state index is 12.6. The molecule has 0 N–H and O–H groups in total. The Balaban J connectivity index is 1.58. The maximum Gasteiger partial charge on any atom is 0.343 e. The van der Waals surface area contributed by atoms with Crippen LogP contribution in [0.1, 0.15) is 58.2 Å². The number of carbonyl (C=O) groups is 2. The van der Waals surface area contributed by atoms with Crippen LogP contribution in [0, 0.1) is 0 Å². The topological polar surface area (TPSA) is 71.1 Å². The van der Waals surface area contributed by atoms with E-state index in [4.69, 9.17) is 33.3 Å². The number of benzene rings is 2. The average molecular weight is 501 g/mol. The molecule has 0 aliphatic carbocycles. The third-order valence-electron chi connectivity index (χ3n) is 5.13. The van der Waals surface area contributed by atoms with Crippen LogP contribution in [-0.4, -0.2) is 37.4 Å². The van der Waals surface area contributed by atoms with Crippen LogP contribution >= 0.6 is 11.6 Å². The van der Waals surface area contributed by atoms with Crippen molar-refractivity contribution in [1.29, 1.82) is 0 Å². The lowest BCUT2D eigenvalue weighted by molar-refractivity contribution is -0.147. The van der Waals surface area contributed by atoms with Gasteiger partial charge >= 0.3 is 11.9 Å². The molecule has 0 aromatic heterocycles. The number of esters is 2. The van der Waals surface area contributed by atoms with Crippen LogP contribution in [0.2, 0.25) is 0 Å². The summed E-state index contributed by atoms with van der Waals surface area (Å²) in [4.78, 5) is 23.7. The molecule has 2 aromatic carbocycles. The molecule has 1 aliphatic heterocycles. The summed E-state index contributed by atoms with van der Waals surface area (Å²) in [7, 11) is 0. The number of rotatable bonds is 11. The number of carbonyl (C=O) groups excluding carboxylic acids is 2. The fourth-order valence-corrected chi connectivity index (χ4v) is 3.55. The quantitative estimate of drug-likeness (QED) is 0.155. The molecule has 0 amide bonds. The van der Waals surface area contributed by atoms with Crippen molar-refractivity contribution in [2.75, 3.05) is 13.2 Å².